The summed E-state index contributed by atoms with van der Waals surface area (Å²) in [5.41, 5.74) is 1.21. The number of ketones is 1. The zero-order valence-electron chi connectivity index (χ0n) is 8.13. The van der Waals surface area contributed by atoms with Gasteiger partial charge in [-0.3, -0.25) is 4.79 Å². The minimum atomic E-state index is -0.0659. The van der Waals surface area contributed by atoms with Gasteiger partial charge in [-0.25, -0.2) is 0 Å². The van der Waals surface area contributed by atoms with E-state index in [9.17, 15) is 4.79 Å². The minimum absolute atomic E-state index is 0.0196. The lowest BCUT2D eigenvalue weighted by Gasteiger charge is -2.34. The molecule has 2 saturated carbocycles. The first-order valence-electron chi connectivity index (χ1n) is 4.92. The molecule has 3 aliphatic carbocycles. The Morgan fingerprint density at radius 2 is 2.23 bits per heavy atom. The van der Waals surface area contributed by atoms with Crippen LogP contribution in [0, 0.1) is 22.7 Å². The van der Waals surface area contributed by atoms with Crippen molar-refractivity contribution in [3.05, 3.63) is 24.3 Å². The Morgan fingerprint density at radius 1 is 1.54 bits per heavy atom. The van der Waals surface area contributed by atoms with Crippen LogP contribution in [0.15, 0.2) is 24.3 Å². The molecule has 1 nitrogen and oxygen atoms in total. The summed E-state index contributed by atoms with van der Waals surface area (Å²) in [7, 11) is 0. The highest BCUT2D eigenvalue weighted by molar-refractivity contribution is 5.93. The number of carbonyl (C=O) groups excluding carboxylic acids is 1. The average Bonchev–Trinajstić information content (AvgIpc) is 2.68. The standard InChI is InChI=1S/C12H14O/c1-7-10-8-4-5-11(7,2)6-9(13)12(8,10)3/h4-5,8,10H,1,6H2,2-3H3/t8-,10+,11-,12?/m0/s1. The fourth-order valence-corrected chi connectivity index (χ4v) is 3.27. The first kappa shape index (κ1) is 7.54. The van der Waals surface area contributed by atoms with E-state index in [0.29, 0.717) is 24.0 Å². The molecule has 0 N–H and O–H groups in total. The second-order valence-electron chi connectivity index (χ2n) is 5.19. The lowest BCUT2D eigenvalue weighted by atomic mass is 9.68. The number of carbonyl (C=O) groups is 1. The Morgan fingerprint density at radius 3 is 2.92 bits per heavy atom. The van der Waals surface area contributed by atoms with Gasteiger partial charge in [-0.2, -0.15) is 0 Å². The van der Waals surface area contributed by atoms with Crippen LogP contribution in [0.5, 0.6) is 0 Å². The first-order chi connectivity index (χ1) is 6.00. The molecule has 68 valence electrons. The van der Waals surface area contributed by atoms with Crippen molar-refractivity contribution in [2.24, 2.45) is 22.7 Å². The van der Waals surface area contributed by atoms with Crippen LogP contribution in [0.25, 0.3) is 0 Å². The number of allylic oxidation sites excluding steroid dienone is 3. The number of rotatable bonds is 0. The van der Waals surface area contributed by atoms with E-state index >= 15 is 0 Å². The lowest BCUT2D eigenvalue weighted by molar-refractivity contribution is -0.126. The van der Waals surface area contributed by atoms with Crippen LogP contribution in [-0.2, 0) is 4.79 Å². The molecule has 13 heavy (non-hydrogen) atoms. The summed E-state index contributed by atoms with van der Waals surface area (Å²) < 4.78 is 0. The van der Waals surface area contributed by atoms with E-state index < -0.39 is 0 Å². The quantitative estimate of drug-likeness (QED) is 0.515. The van der Waals surface area contributed by atoms with Gasteiger partial charge in [0.1, 0.15) is 5.78 Å². The first-order valence-corrected chi connectivity index (χ1v) is 4.92. The Balaban J connectivity index is 2.21. The Kier molecular flexibility index (Phi) is 0.975. The van der Waals surface area contributed by atoms with Crippen LogP contribution in [0.2, 0.25) is 0 Å². The molecule has 1 heteroatoms. The Labute approximate surface area is 78.5 Å². The van der Waals surface area contributed by atoms with Gasteiger partial charge in [0.15, 0.2) is 0 Å². The highest BCUT2D eigenvalue weighted by atomic mass is 16.1. The monoisotopic (exact) mass is 174 g/mol. The summed E-state index contributed by atoms with van der Waals surface area (Å²) >= 11 is 0. The van der Waals surface area contributed by atoms with E-state index in [1.807, 2.05) is 0 Å². The van der Waals surface area contributed by atoms with Crippen LogP contribution in [0.1, 0.15) is 20.3 Å². The van der Waals surface area contributed by atoms with E-state index in [0.717, 1.165) is 0 Å². The van der Waals surface area contributed by atoms with Crippen molar-refractivity contribution < 1.29 is 4.79 Å². The van der Waals surface area contributed by atoms with E-state index in [4.69, 9.17) is 0 Å². The number of fused-ring (bicyclic) bond motifs is 2. The molecule has 2 bridgehead atoms. The second kappa shape index (κ2) is 1.68. The zero-order chi connectivity index (χ0) is 9.43. The maximum absolute atomic E-state index is 11.9. The van der Waals surface area contributed by atoms with Crippen molar-refractivity contribution in [1.29, 1.82) is 0 Å². The predicted octanol–water partition coefficient (Wildman–Crippen LogP) is 2.34. The van der Waals surface area contributed by atoms with Gasteiger partial charge in [0.25, 0.3) is 0 Å². The molecule has 4 atom stereocenters. The van der Waals surface area contributed by atoms with Gasteiger partial charge < -0.3 is 0 Å². The van der Waals surface area contributed by atoms with Crippen molar-refractivity contribution in [3.63, 3.8) is 0 Å². The fourth-order valence-electron chi connectivity index (χ4n) is 3.27. The molecule has 0 aromatic heterocycles. The molecule has 0 amide bonds. The van der Waals surface area contributed by atoms with E-state index in [1.54, 1.807) is 0 Å². The number of hydrogen-bond acceptors (Lipinski definition) is 1. The summed E-state index contributed by atoms with van der Waals surface area (Å²) in [4.78, 5) is 11.9. The lowest BCUT2D eigenvalue weighted by Crippen LogP contribution is -2.32. The molecule has 0 aliphatic heterocycles. The fraction of sp³-hybridized carbons (Fsp3) is 0.583. The molecular weight excluding hydrogens is 160 g/mol. The van der Waals surface area contributed by atoms with E-state index in [-0.39, 0.29) is 10.8 Å². The van der Waals surface area contributed by atoms with E-state index in [1.165, 1.54) is 5.57 Å². The van der Waals surface area contributed by atoms with Crippen molar-refractivity contribution in [2.45, 2.75) is 20.3 Å². The predicted molar refractivity (Wildman–Crippen MR) is 51.1 cm³/mol. The minimum Gasteiger partial charge on any atom is -0.299 e. The molecule has 0 radical (unpaired) electrons. The van der Waals surface area contributed by atoms with Gasteiger partial charge in [-0.1, -0.05) is 38.2 Å². The molecule has 3 aliphatic rings. The van der Waals surface area contributed by atoms with Crippen molar-refractivity contribution in [3.8, 4) is 0 Å². The van der Waals surface area contributed by atoms with Crippen LogP contribution >= 0.6 is 0 Å². The van der Waals surface area contributed by atoms with E-state index in [2.05, 4.69) is 32.6 Å². The summed E-state index contributed by atoms with van der Waals surface area (Å²) in [5.74, 6) is 1.38. The molecule has 0 spiro atoms. The largest absolute Gasteiger partial charge is 0.299 e. The van der Waals surface area contributed by atoms with Gasteiger partial charge in [-0.15, -0.1) is 0 Å². The summed E-state index contributed by atoms with van der Waals surface area (Å²) in [6.45, 7) is 8.41. The molecule has 2 fully saturated rings. The van der Waals surface area contributed by atoms with Crippen LogP contribution in [0.4, 0.5) is 0 Å². The normalized spacial score (nSPS) is 56.8. The van der Waals surface area contributed by atoms with Crippen molar-refractivity contribution >= 4 is 5.78 Å². The third-order valence-corrected chi connectivity index (χ3v) is 4.50. The van der Waals surface area contributed by atoms with Gasteiger partial charge in [-0.05, 0) is 5.92 Å². The Hall–Kier alpha value is -0.850. The molecule has 3 rings (SSSR count). The van der Waals surface area contributed by atoms with Gasteiger partial charge in [0.2, 0.25) is 0 Å². The van der Waals surface area contributed by atoms with Gasteiger partial charge >= 0.3 is 0 Å². The maximum Gasteiger partial charge on any atom is 0.141 e. The number of Topliss-reactive ketones (excluding diaryl/α,β-unsaturated/α-hetero) is 1. The zero-order valence-corrected chi connectivity index (χ0v) is 8.13. The summed E-state index contributed by atoms with van der Waals surface area (Å²) in [6, 6.07) is 0. The van der Waals surface area contributed by atoms with Crippen LogP contribution in [-0.4, -0.2) is 5.78 Å². The van der Waals surface area contributed by atoms with Gasteiger partial charge in [0.05, 0.1) is 0 Å². The molecule has 0 aromatic rings. The molecule has 0 aromatic carbocycles. The topological polar surface area (TPSA) is 17.1 Å². The molecular formula is C12H14O. The maximum atomic E-state index is 11.9. The average molecular weight is 174 g/mol. The molecule has 0 heterocycles. The third kappa shape index (κ3) is 0.579. The second-order valence-corrected chi connectivity index (χ2v) is 5.19. The number of hydrogen-bond donors (Lipinski definition) is 0. The highest BCUT2D eigenvalue weighted by Gasteiger charge is 2.71. The summed E-state index contributed by atoms with van der Waals surface area (Å²) in [6.07, 6.45) is 5.11. The van der Waals surface area contributed by atoms with Crippen molar-refractivity contribution in [2.75, 3.05) is 0 Å². The van der Waals surface area contributed by atoms with Crippen LogP contribution in [0.3, 0.4) is 0 Å². The third-order valence-electron chi connectivity index (χ3n) is 4.50. The SMILES string of the molecule is C=C1[C@@H]2[C@@H]3C=C[C@@]1(C)CC(=O)C23C. The smallest absolute Gasteiger partial charge is 0.141 e. The molecule has 0 saturated heterocycles. The highest BCUT2D eigenvalue weighted by Crippen LogP contribution is 2.72. The van der Waals surface area contributed by atoms with Gasteiger partial charge in [0, 0.05) is 23.2 Å². The summed E-state index contributed by atoms with van der Waals surface area (Å²) in [5, 5.41) is 0. The molecule has 1 unspecified atom stereocenters. The van der Waals surface area contributed by atoms with Crippen LogP contribution < -0.4 is 0 Å². The Bertz CT molecular complexity index is 365. The van der Waals surface area contributed by atoms with Crippen molar-refractivity contribution in [1.82, 2.24) is 0 Å².